The minimum absolute atomic E-state index is 0.112. The number of ether oxygens (including phenoxy) is 1. The summed E-state index contributed by atoms with van der Waals surface area (Å²) in [7, 11) is -0.169. The van der Waals surface area contributed by atoms with Crippen molar-refractivity contribution in [1.82, 2.24) is 9.62 Å². The van der Waals surface area contributed by atoms with Crippen LogP contribution in [0.25, 0.3) is 0 Å². The van der Waals surface area contributed by atoms with Gasteiger partial charge in [0.2, 0.25) is 10.0 Å². The Labute approximate surface area is 124 Å². The second-order valence-corrected chi connectivity index (χ2v) is 7.08. The fourth-order valence-corrected chi connectivity index (χ4v) is 4.29. The number of piperidine rings is 1. The maximum absolute atomic E-state index is 12.6. The molecule has 0 aliphatic carbocycles. The number of rotatable bonds is 4. The molecule has 1 fully saturated rings. The summed E-state index contributed by atoms with van der Waals surface area (Å²) in [6.07, 6.45) is 1.61. The summed E-state index contributed by atoms with van der Waals surface area (Å²) in [5, 5.41) is 3.40. The lowest BCUT2D eigenvalue weighted by Gasteiger charge is -2.31. The molecule has 112 valence electrons. The molecule has 1 aromatic rings. The number of sulfonamides is 1. The lowest BCUT2D eigenvalue weighted by Crippen LogP contribution is -2.43. The van der Waals surface area contributed by atoms with Crippen molar-refractivity contribution in [3.63, 3.8) is 0 Å². The van der Waals surface area contributed by atoms with Crippen LogP contribution in [0, 0.1) is 0 Å². The van der Waals surface area contributed by atoms with Gasteiger partial charge in [-0.2, -0.15) is 4.31 Å². The Hall–Kier alpha value is -0.820. The van der Waals surface area contributed by atoms with Crippen molar-refractivity contribution < 1.29 is 13.2 Å². The van der Waals surface area contributed by atoms with Gasteiger partial charge in [0.25, 0.3) is 0 Å². The number of hydrogen-bond acceptors (Lipinski definition) is 4. The average molecular weight is 319 g/mol. The molecule has 1 aliphatic heterocycles. The summed E-state index contributed by atoms with van der Waals surface area (Å²) >= 11 is 6.04. The Morgan fingerprint density at radius 2 is 2.00 bits per heavy atom. The summed E-state index contributed by atoms with van der Waals surface area (Å²) in [6, 6.07) is 5.05. The summed E-state index contributed by atoms with van der Waals surface area (Å²) in [5.74, 6) is 0.484. The van der Waals surface area contributed by atoms with Crippen molar-refractivity contribution in [3.05, 3.63) is 23.2 Å². The molecule has 0 aromatic heterocycles. The molecule has 5 nitrogen and oxygen atoms in total. The van der Waals surface area contributed by atoms with Crippen molar-refractivity contribution in [1.29, 1.82) is 0 Å². The highest BCUT2D eigenvalue weighted by Crippen LogP contribution is 2.30. The summed E-state index contributed by atoms with van der Waals surface area (Å²) in [5.41, 5.74) is 0. The fraction of sp³-hybridized carbons (Fsp3) is 0.538. The maximum Gasteiger partial charge on any atom is 0.244 e. The predicted molar refractivity (Wildman–Crippen MR) is 78.8 cm³/mol. The van der Waals surface area contributed by atoms with Crippen molar-refractivity contribution >= 4 is 21.6 Å². The van der Waals surface area contributed by atoms with Crippen LogP contribution >= 0.6 is 11.6 Å². The van der Waals surface area contributed by atoms with Crippen LogP contribution in [0.15, 0.2) is 23.1 Å². The Balaban J connectivity index is 2.27. The lowest BCUT2D eigenvalue weighted by molar-refractivity contribution is 0.298. The standard InChI is InChI=1S/C13H19ClN2O3S/c1-15-10-5-7-16(8-6-10)20(17,18)13-9-11(19-2)3-4-12(13)14/h3-4,9-10,15H,5-8H2,1-2H3. The summed E-state index contributed by atoms with van der Waals surface area (Å²) in [6.45, 7) is 1.00. The third kappa shape index (κ3) is 3.09. The van der Waals surface area contributed by atoms with E-state index in [0.29, 0.717) is 24.9 Å². The molecule has 0 bridgehead atoms. The van der Waals surface area contributed by atoms with Gasteiger partial charge in [0.15, 0.2) is 0 Å². The molecule has 0 atom stereocenters. The minimum atomic E-state index is -3.56. The molecule has 1 aliphatic rings. The second-order valence-electron chi connectivity index (χ2n) is 4.76. The number of hydrogen-bond donors (Lipinski definition) is 1. The monoisotopic (exact) mass is 318 g/mol. The number of methoxy groups -OCH3 is 1. The van der Waals surface area contributed by atoms with Gasteiger partial charge in [-0.15, -0.1) is 0 Å². The molecule has 2 rings (SSSR count). The first kappa shape index (κ1) is 15.6. The van der Waals surface area contributed by atoms with E-state index < -0.39 is 10.0 Å². The van der Waals surface area contributed by atoms with Crippen LogP contribution in [-0.4, -0.2) is 46.0 Å². The van der Waals surface area contributed by atoms with E-state index in [2.05, 4.69) is 5.32 Å². The van der Waals surface area contributed by atoms with E-state index in [0.717, 1.165) is 12.8 Å². The molecule has 0 spiro atoms. The zero-order valence-corrected chi connectivity index (χ0v) is 13.2. The fourth-order valence-electron chi connectivity index (χ4n) is 2.33. The van der Waals surface area contributed by atoms with Crippen LogP contribution in [0.5, 0.6) is 5.75 Å². The first-order chi connectivity index (χ1) is 9.48. The van der Waals surface area contributed by atoms with E-state index in [1.165, 1.54) is 17.5 Å². The maximum atomic E-state index is 12.6. The molecule has 0 unspecified atom stereocenters. The van der Waals surface area contributed by atoms with Crippen LogP contribution in [0.4, 0.5) is 0 Å². The van der Waals surface area contributed by atoms with Crippen molar-refractivity contribution in [2.75, 3.05) is 27.2 Å². The molecule has 7 heteroatoms. The first-order valence-electron chi connectivity index (χ1n) is 6.50. The number of benzene rings is 1. The summed E-state index contributed by atoms with van der Waals surface area (Å²) in [4.78, 5) is 0.112. The third-order valence-corrected chi connectivity index (χ3v) is 6.00. The zero-order chi connectivity index (χ0) is 14.8. The smallest absolute Gasteiger partial charge is 0.244 e. The highest BCUT2D eigenvalue weighted by molar-refractivity contribution is 7.89. The van der Waals surface area contributed by atoms with Crippen LogP contribution < -0.4 is 10.1 Å². The highest BCUT2D eigenvalue weighted by atomic mass is 35.5. The Morgan fingerprint density at radius 3 is 2.55 bits per heavy atom. The zero-order valence-electron chi connectivity index (χ0n) is 11.6. The van der Waals surface area contributed by atoms with Gasteiger partial charge in [-0.3, -0.25) is 0 Å². The van der Waals surface area contributed by atoms with E-state index in [1.54, 1.807) is 12.1 Å². The van der Waals surface area contributed by atoms with E-state index in [4.69, 9.17) is 16.3 Å². The van der Waals surface area contributed by atoms with Crippen molar-refractivity contribution in [3.8, 4) is 5.75 Å². The number of nitrogens with one attached hydrogen (secondary N) is 1. The quantitative estimate of drug-likeness (QED) is 0.918. The molecule has 0 amide bonds. The third-order valence-electron chi connectivity index (χ3n) is 3.62. The van der Waals surface area contributed by atoms with E-state index in [1.807, 2.05) is 7.05 Å². The van der Waals surface area contributed by atoms with Gasteiger partial charge in [-0.1, -0.05) is 11.6 Å². The topological polar surface area (TPSA) is 58.6 Å². The van der Waals surface area contributed by atoms with Gasteiger partial charge in [-0.05, 0) is 32.0 Å². The summed E-state index contributed by atoms with van der Waals surface area (Å²) < 4.78 is 31.8. The number of nitrogens with zero attached hydrogens (tertiary/aromatic N) is 1. The van der Waals surface area contributed by atoms with Gasteiger partial charge < -0.3 is 10.1 Å². The lowest BCUT2D eigenvalue weighted by atomic mass is 10.1. The van der Waals surface area contributed by atoms with Gasteiger partial charge in [0.05, 0.1) is 12.1 Å². The SMILES string of the molecule is CNC1CCN(S(=O)(=O)c2cc(OC)ccc2Cl)CC1. The van der Waals surface area contributed by atoms with Crippen molar-refractivity contribution in [2.24, 2.45) is 0 Å². The Morgan fingerprint density at radius 1 is 1.35 bits per heavy atom. The predicted octanol–water partition coefficient (Wildman–Crippen LogP) is 1.72. The number of halogens is 1. The van der Waals surface area contributed by atoms with E-state index >= 15 is 0 Å². The van der Waals surface area contributed by atoms with Gasteiger partial charge in [-0.25, -0.2) is 8.42 Å². The Kier molecular flexibility index (Phi) is 4.90. The van der Waals surface area contributed by atoms with Gasteiger partial charge in [0.1, 0.15) is 10.6 Å². The van der Waals surface area contributed by atoms with Crippen LogP contribution in [0.2, 0.25) is 5.02 Å². The minimum Gasteiger partial charge on any atom is -0.497 e. The molecule has 1 aromatic carbocycles. The Bertz CT molecular complexity index is 569. The van der Waals surface area contributed by atoms with Crippen LogP contribution in [0.3, 0.4) is 0 Å². The van der Waals surface area contributed by atoms with Crippen LogP contribution in [0.1, 0.15) is 12.8 Å². The molecular weight excluding hydrogens is 300 g/mol. The molecule has 0 radical (unpaired) electrons. The normalized spacial score (nSPS) is 18.1. The second kappa shape index (κ2) is 6.30. The average Bonchev–Trinajstić information content (AvgIpc) is 2.47. The molecule has 1 N–H and O–H groups in total. The highest BCUT2D eigenvalue weighted by Gasteiger charge is 2.30. The molecule has 1 saturated heterocycles. The molecule has 20 heavy (non-hydrogen) atoms. The van der Waals surface area contributed by atoms with Gasteiger partial charge in [0, 0.05) is 25.2 Å². The van der Waals surface area contributed by atoms with E-state index in [-0.39, 0.29) is 9.92 Å². The molecule has 1 heterocycles. The molecular formula is C13H19ClN2O3S. The largest absolute Gasteiger partial charge is 0.497 e. The van der Waals surface area contributed by atoms with Crippen molar-refractivity contribution in [2.45, 2.75) is 23.8 Å². The molecule has 0 saturated carbocycles. The van der Waals surface area contributed by atoms with Gasteiger partial charge >= 0.3 is 0 Å². The first-order valence-corrected chi connectivity index (χ1v) is 8.32. The van der Waals surface area contributed by atoms with E-state index in [9.17, 15) is 8.42 Å². The van der Waals surface area contributed by atoms with Crippen LogP contribution in [-0.2, 0) is 10.0 Å².